The lowest BCUT2D eigenvalue weighted by atomic mass is 9.91. The third-order valence-electron chi connectivity index (χ3n) is 4.51. The molecule has 1 aliphatic rings. The molecule has 0 aliphatic heterocycles. The standard InChI is InChI=1S/C18H27NO2/c1-14(2)19(16-11-7-4-8-12-16)17(18(20)21)13-15-9-5-3-6-10-15/h3,5-6,9-10,14,16-17H,4,7-8,11-13H2,1-2H3,(H,20,21)/t17-/m0/s1. The van der Waals surface area contributed by atoms with Gasteiger partial charge in [-0.2, -0.15) is 0 Å². The largest absolute Gasteiger partial charge is 0.480 e. The Morgan fingerprint density at radius 3 is 2.33 bits per heavy atom. The molecule has 1 atom stereocenters. The summed E-state index contributed by atoms with van der Waals surface area (Å²) in [6.45, 7) is 4.24. The fourth-order valence-corrected chi connectivity index (χ4v) is 3.57. The fourth-order valence-electron chi connectivity index (χ4n) is 3.57. The summed E-state index contributed by atoms with van der Waals surface area (Å²) in [4.78, 5) is 14.1. The second kappa shape index (κ2) is 7.60. The number of carboxylic acid groups (broad SMARTS) is 1. The first-order valence-electron chi connectivity index (χ1n) is 8.13. The molecule has 3 nitrogen and oxygen atoms in total. The van der Waals surface area contributed by atoms with E-state index in [4.69, 9.17) is 0 Å². The minimum absolute atomic E-state index is 0.262. The van der Waals surface area contributed by atoms with Crippen LogP contribution in [-0.2, 0) is 11.2 Å². The Kier molecular flexibility index (Phi) is 5.80. The van der Waals surface area contributed by atoms with Crippen molar-refractivity contribution in [1.82, 2.24) is 4.90 Å². The van der Waals surface area contributed by atoms with Gasteiger partial charge in [-0.1, -0.05) is 49.6 Å². The van der Waals surface area contributed by atoms with Crippen molar-refractivity contribution in [2.24, 2.45) is 0 Å². The van der Waals surface area contributed by atoms with Gasteiger partial charge in [0.05, 0.1) is 0 Å². The number of nitrogens with zero attached hydrogens (tertiary/aromatic N) is 1. The molecule has 0 unspecified atom stereocenters. The number of carboxylic acids is 1. The second-order valence-corrected chi connectivity index (χ2v) is 6.38. The molecule has 0 saturated heterocycles. The summed E-state index contributed by atoms with van der Waals surface area (Å²) in [5, 5.41) is 9.74. The Labute approximate surface area is 128 Å². The molecular weight excluding hydrogens is 262 g/mol. The molecule has 0 amide bonds. The van der Waals surface area contributed by atoms with E-state index in [1.807, 2.05) is 30.3 Å². The van der Waals surface area contributed by atoms with E-state index in [1.165, 1.54) is 19.3 Å². The van der Waals surface area contributed by atoms with Crippen molar-refractivity contribution >= 4 is 5.97 Å². The zero-order valence-corrected chi connectivity index (χ0v) is 13.2. The number of hydrogen-bond acceptors (Lipinski definition) is 2. The summed E-state index contributed by atoms with van der Waals surface area (Å²) in [7, 11) is 0. The molecule has 21 heavy (non-hydrogen) atoms. The van der Waals surface area contributed by atoms with E-state index in [0.717, 1.165) is 18.4 Å². The molecule has 1 aliphatic carbocycles. The molecule has 116 valence electrons. The zero-order chi connectivity index (χ0) is 15.2. The Morgan fingerprint density at radius 2 is 1.81 bits per heavy atom. The fraction of sp³-hybridized carbons (Fsp3) is 0.611. The topological polar surface area (TPSA) is 40.5 Å². The normalized spacial score (nSPS) is 18.1. The number of carbonyl (C=O) groups is 1. The van der Waals surface area contributed by atoms with Gasteiger partial charge in [-0.3, -0.25) is 9.69 Å². The Morgan fingerprint density at radius 1 is 1.19 bits per heavy atom. The first-order valence-corrected chi connectivity index (χ1v) is 8.13. The third kappa shape index (κ3) is 4.31. The van der Waals surface area contributed by atoms with Crippen molar-refractivity contribution in [3.8, 4) is 0 Å². The maximum Gasteiger partial charge on any atom is 0.321 e. The van der Waals surface area contributed by atoms with Gasteiger partial charge in [0.25, 0.3) is 0 Å². The summed E-state index contributed by atoms with van der Waals surface area (Å²) in [6, 6.07) is 10.2. The third-order valence-corrected chi connectivity index (χ3v) is 4.51. The van der Waals surface area contributed by atoms with Crippen molar-refractivity contribution in [3.05, 3.63) is 35.9 Å². The molecule has 1 aromatic carbocycles. The van der Waals surface area contributed by atoms with Gasteiger partial charge in [-0.25, -0.2) is 0 Å². The number of hydrogen-bond donors (Lipinski definition) is 1. The smallest absolute Gasteiger partial charge is 0.321 e. The van der Waals surface area contributed by atoms with E-state index in [-0.39, 0.29) is 6.04 Å². The van der Waals surface area contributed by atoms with Gasteiger partial charge < -0.3 is 5.11 Å². The summed E-state index contributed by atoms with van der Waals surface area (Å²) >= 11 is 0. The molecule has 0 heterocycles. The van der Waals surface area contributed by atoms with Crippen LogP contribution in [0.3, 0.4) is 0 Å². The second-order valence-electron chi connectivity index (χ2n) is 6.38. The Balaban J connectivity index is 2.18. The van der Waals surface area contributed by atoms with E-state index in [9.17, 15) is 9.90 Å². The summed E-state index contributed by atoms with van der Waals surface area (Å²) in [5.74, 6) is -0.696. The monoisotopic (exact) mass is 289 g/mol. The molecule has 1 saturated carbocycles. The van der Waals surface area contributed by atoms with E-state index in [0.29, 0.717) is 12.5 Å². The van der Waals surface area contributed by atoms with Gasteiger partial charge in [-0.15, -0.1) is 0 Å². The Bertz CT molecular complexity index is 438. The van der Waals surface area contributed by atoms with E-state index in [2.05, 4.69) is 18.7 Å². The van der Waals surface area contributed by atoms with Crippen molar-refractivity contribution < 1.29 is 9.90 Å². The lowest BCUT2D eigenvalue weighted by Gasteiger charge is -2.41. The Hall–Kier alpha value is -1.35. The van der Waals surface area contributed by atoms with Crippen molar-refractivity contribution in [2.45, 2.75) is 70.5 Å². The SMILES string of the molecule is CC(C)N(C1CCCCC1)[C@@H](Cc1ccccc1)C(=O)O. The molecule has 2 rings (SSSR count). The van der Waals surface area contributed by atoms with Gasteiger partial charge >= 0.3 is 5.97 Å². The average Bonchev–Trinajstić information content (AvgIpc) is 2.48. The lowest BCUT2D eigenvalue weighted by molar-refractivity contribution is -0.145. The van der Waals surface area contributed by atoms with Crippen LogP contribution in [0.5, 0.6) is 0 Å². The molecule has 0 radical (unpaired) electrons. The van der Waals surface area contributed by atoms with Gasteiger partial charge in [0.2, 0.25) is 0 Å². The molecule has 0 spiro atoms. The summed E-state index contributed by atoms with van der Waals surface area (Å²) < 4.78 is 0. The quantitative estimate of drug-likeness (QED) is 0.867. The first-order chi connectivity index (χ1) is 10.1. The highest BCUT2D eigenvalue weighted by Crippen LogP contribution is 2.27. The van der Waals surface area contributed by atoms with Crippen LogP contribution >= 0.6 is 0 Å². The van der Waals surface area contributed by atoms with Crippen LogP contribution < -0.4 is 0 Å². The molecule has 1 N–H and O–H groups in total. The van der Waals surface area contributed by atoms with E-state index < -0.39 is 12.0 Å². The highest BCUT2D eigenvalue weighted by molar-refractivity contribution is 5.74. The van der Waals surface area contributed by atoms with Gasteiger partial charge in [-0.05, 0) is 38.7 Å². The van der Waals surface area contributed by atoms with Gasteiger partial charge in [0.1, 0.15) is 6.04 Å². The lowest BCUT2D eigenvalue weighted by Crippen LogP contribution is -2.52. The minimum Gasteiger partial charge on any atom is -0.480 e. The predicted molar refractivity (Wildman–Crippen MR) is 85.4 cm³/mol. The van der Waals surface area contributed by atoms with E-state index >= 15 is 0 Å². The highest BCUT2D eigenvalue weighted by atomic mass is 16.4. The number of aliphatic carboxylic acids is 1. The maximum absolute atomic E-state index is 11.9. The van der Waals surface area contributed by atoms with Crippen LogP contribution in [0.1, 0.15) is 51.5 Å². The summed E-state index contributed by atoms with van der Waals surface area (Å²) in [6.07, 6.45) is 6.61. The number of benzene rings is 1. The van der Waals surface area contributed by atoms with Crippen LogP contribution in [0.4, 0.5) is 0 Å². The summed E-state index contributed by atoms with van der Waals surface area (Å²) in [5.41, 5.74) is 1.10. The molecule has 3 heteroatoms. The first kappa shape index (κ1) is 16.0. The molecule has 1 aromatic rings. The van der Waals surface area contributed by atoms with Crippen molar-refractivity contribution in [3.63, 3.8) is 0 Å². The van der Waals surface area contributed by atoms with Crippen LogP contribution in [0.25, 0.3) is 0 Å². The molecule has 1 fully saturated rings. The molecule has 0 aromatic heterocycles. The van der Waals surface area contributed by atoms with Crippen molar-refractivity contribution in [2.75, 3.05) is 0 Å². The molecular formula is C18H27NO2. The zero-order valence-electron chi connectivity index (χ0n) is 13.2. The van der Waals surface area contributed by atoms with Crippen LogP contribution in [0.2, 0.25) is 0 Å². The maximum atomic E-state index is 11.9. The van der Waals surface area contributed by atoms with Crippen LogP contribution in [0, 0.1) is 0 Å². The van der Waals surface area contributed by atoms with Crippen LogP contribution in [0.15, 0.2) is 30.3 Å². The molecule has 0 bridgehead atoms. The predicted octanol–water partition coefficient (Wildman–Crippen LogP) is 3.73. The minimum atomic E-state index is -0.696. The highest BCUT2D eigenvalue weighted by Gasteiger charge is 2.33. The van der Waals surface area contributed by atoms with Crippen LogP contribution in [-0.4, -0.2) is 34.1 Å². The van der Waals surface area contributed by atoms with Gasteiger partial charge in [0, 0.05) is 12.1 Å². The van der Waals surface area contributed by atoms with Crippen molar-refractivity contribution in [1.29, 1.82) is 0 Å². The van der Waals surface area contributed by atoms with Gasteiger partial charge in [0.15, 0.2) is 0 Å². The average molecular weight is 289 g/mol. The van der Waals surface area contributed by atoms with E-state index in [1.54, 1.807) is 0 Å². The number of rotatable bonds is 6.